The Morgan fingerprint density at radius 1 is 1.47 bits per heavy atom. The van der Waals surface area contributed by atoms with Gasteiger partial charge in [0.15, 0.2) is 6.61 Å². The van der Waals surface area contributed by atoms with Gasteiger partial charge in [-0.15, -0.1) is 0 Å². The van der Waals surface area contributed by atoms with Crippen LogP contribution in [0.1, 0.15) is 13.8 Å². The van der Waals surface area contributed by atoms with Crippen LogP contribution in [-0.4, -0.2) is 44.6 Å². The number of ether oxygens (including phenoxy) is 1. The Labute approximate surface area is 88.4 Å². The summed E-state index contributed by atoms with van der Waals surface area (Å²) < 4.78 is 27.2. The van der Waals surface area contributed by atoms with E-state index in [1.807, 2.05) is 0 Å². The van der Waals surface area contributed by atoms with Gasteiger partial charge < -0.3 is 9.84 Å². The van der Waals surface area contributed by atoms with Gasteiger partial charge in [-0.25, -0.2) is 13.2 Å². The molecular formula is C7H15NO6S. The first-order valence-corrected chi connectivity index (χ1v) is 5.93. The Morgan fingerprint density at radius 3 is 2.53 bits per heavy atom. The third-order valence-corrected chi connectivity index (χ3v) is 2.26. The minimum atomic E-state index is -3.63. The van der Waals surface area contributed by atoms with E-state index < -0.39 is 22.6 Å². The highest BCUT2D eigenvalue weighted by Gasteiger charge is 2.11. The standard InChI is InChI=1S/C7H15NO6S/c1-6(2)13-3-4-15(11,12)8-14-5-7(9)10/h6,8H,3-5H2,1-2H3,(H,9,10). The maximum Gasteiger partial charge on any atom is 0.331 e. The fourth-order valence-electron chi connectivity index (χ4n) is 0.616. The topological polar surface area (TPSA) is 102 Å². The summed E-state index contributed by atoms with van der Waals surface area (Å²) in [5, 5.41) is 8.17. The van der Waals surface area contributed by atoms with Crippen LogP contribution >= 0.6 is 0 Å². The van der Waals surface area contributed by atoms with Crippen molar-refractivity contribution in [2.45, 2.75) is 20.0 Å². The van der Waals surface area contributed by atoms with Gasteiger partial charge in [0, 0.05) is 0 Å². The maximum absolute atomic E-state index is 11.1. The SMILES string of the molecule is CC(C)OCCS(=O)(=O)NOCC(=O)O. The molecule has 0 rings (SSSR count). The average molecular weight is 241 g/mol. The summed E-state index contributed by atoms with van der Waals surface area (Å²) >= 11 is 0. The van der Waals surface area contributed by atoms with Crippen molar-refractivity contribution < 1.29 is 27.9 Å². The van der Waals surface area contributed by atoms with Gasteiger partial charge in [-0.05, 0) is 13.8 Å². The molecular weight excluding hydrogens is 226 g/mol. The summed E-state index contributed by atoms with van der Waals surface area (Å²) in [4.78, 5) is 15.9. The number of carboxylic acid groups (broad SMARTS) is 1. The molecule has 0 aromatic heterocycles. The van der Waals surface area contributed by atoms with E-state index in [1.165, 1.54) is 0 Å². The van der Waals surface area contributed by atoms with E-state index in [-0.39, 0.29) is 18.5 Å². The summed E-state index contributed by atoms with van der Waals surface area (Å²) in [5.41, 5.74) is 0. The summed E-state index contributed by atoms with van der Waals surface area (Å²) in [6.07, 6.45) is -0.0554. The van der Waals surface area contributed by atoms with Crippen LogP contribution < -0.4 is 4.89 Å². The maximum atomic E-state index is 11.1. The third-order valence-electron chi connectivity index (χ3n) is 1.18. The number of carboxylic acids is 1. The monoisotopic (exact) mass is 241 g/mol. The van der Waals surface area contributed by atoms with Gasteiger partial charge in [-0.2, -0.15) is 0 Å². The van der Waals surface area contributed by atoms with Crippen molar-refractivity contribution in [3.05, 3.63) is 0 Å². The number of nitrogens with one attached hydrogen (secondary N) is 1. The number of sulfonamides is 1. The Bertz CT molecular complexity index is 286. The minimum Gasteiger partial charge on any atom is -0.479 e. The Kier molecular flexibility index (Phi) is 6.41. The Morgan fingerprint density at radius 2 is 2.07 bits per heavy atom. The van der Waals surface area contributed by atoms with Crippen LogP contribution in [0, 0.1) is 0 Å². The number of hydrogen-bond donors (Lipinski definition) is 2. The molecule has 2 N–H and O–H groups in total. The van der Waals surface area contributed by atoms with Crippen molar-refractivity contribution in [1.82, 2.24) is 4.89 Å². The molecule has 0 amide bonds. The fraction of sp³-hybridized carbons (Fsp3) is 0.857. The molecule has 0 fully saturated rings. The first-order valence-electron chi connectivity index (χ1n) is 4.28. The minimum absolute atomic E-state index is 0.0312. The lowest BCUT2D eigenvalue weighted by atomic mass is 10.5. The van der Waals surface area contributed by atoms with Gasteiger partial charge in [0.05, 0.1) is 18.5 Å². The number of aliphatic carboxylic acids is 1. The second-order valence-electron chi connectivity index (χ2n) is 3.00. The Hall–Kier alpha value is -0.700. The molecule has 0 aliphatic carbocycles. The lowest BCUT2D eigenvalue weighted by molar-refractivity contribution is -0.143. The predicted molar refractivity (Wildman–Crippen MR) is 51.6 cm³/mol. The zero-order valence-electron chi connectivity index (χ0n) is 8.60. The first-order chi connectivity index (χ1) is 6.83. The molecule has 0 radical (unpaired) electrons. The summed E-state index contributed by atoms with van der Waals surface area (Å²) in [6, 6.07) is 0. The van der Waals surface area contributed by atoms with Crippen molar-refractivity contribution in [3.63, 3.8) is 0 Å². The predicted octanol–water partition coefficient (Wildman–Crippen LogP) is -0.653. The molecule has 7 nitrogen and oxygen atoms in total. The zero-order valence-corrected chi connectivity index (χ0v) is 9.41. The van der Waals surface area contributed by atoms with Gasteiger partial charge in [-0.3, -0.25) is 4.84 Å². The van der Waals surface area contributed by atoms with Crippen LogP contribution in [-0.2, 0) is 24.4 Å². The van der Waals surface area contributed by atoms with E-state index in [0.29, 0.717) is 0 Å². The van der Waals surface area contributed by atoms with Gasteiger partial charge in [-0.1, -0.05) is 4.89 Å². The molecule has 0 aromatic rings. The van der Waals surface area contributed by atoms with Crippen LogP contribution in [0.2, 0.25) is 0 Å². The van der Waals surface area contributed by atoms with Crippen molar-refractivity contribution in [3.8, 4) is 0 Å². The highest BCUT2D eigenvalue weighted by Crippen LogP contribution is 1.90. The van der Waals surface area contributed by atoms with Gasteiger partial charge in [0.2, 0.25) is 10.0 Å². The molecule has 0 saturated carbocycles. The molecule has 0 spiro atoms. The van der Waals surface area contributed by atoms with Crippen LogP contribution in [0.15, 0.2) is 0 Å². The van der Waals surface area contributed by atoms with E-state index in [0.717, 1.165) is 0 Å². The van der Waals surface area contributed by atoms with Crippen LogP contribution in [0.4, 0.5) is 0 Å². The fourth-order valence-corrected chi connectivity index (χ4v) is 1.25. The highest BCUT2D eigenvalue weighted by atomic mass is 32.2. The molecule has 0 atom stereocenters. The molecule has 15 heavy (non-hydrogen) atoms. The molecule has 8 heteroatoms. The largest absolute Gasteiger partial charge is 0.479 e. The van der Waals surface area contributed by atoms with E-state index in [2.05, 4.69) is 4.84 Å². The van der Waals surface area contributed by atoms with Crippen molar-refractivity contribution in [1.29, 1.82) is 0 Å². The van der Waals surface area contributed by atoms with E-state index >= 15 is 0 Å². The van der Waals surface area contributed by atoms with Crippen molar-refractivity contribution in [2.75, 3.05) is 19.0 Å². The highest BCUT2D eigenvalue weighted by molar-refractivity contribution is 7.89. The normalized spacial score (nSPS) is 11.9. The molecule has 0 heterocycles. The number of carbonyl (C=O) groups is 1. The lowest BCUT2D eigenvalue weighted by Crippen LogP contribution is -2.30. The Balaban J connectivity index is 3.73. The van der Waals surface area contributed by atoms with Crippen molar-refractivity contribution in [2.24, 2.45) is 0 Å². The van der Waals surface area contributed by atoms with Crippen LogP contribution in [0.25, 0.3) is 0 Å². The molecule has 0 aliphatic heterocycles. The number of rotatable bonds is 8. The molecule has 0 aliphatic rings. The molecule has 0 unspecified atom stereocenters. The van der Waals surface area contributed by atoms with E-state index in [4.69, 9.17) is 9.84 Å². The second-order valence-corrected chi connectivity index (χ2v) is 4.81. The lowest BCUT2D eigenvalue weighted by Gasteiger charge is -2.08. The van der Waals surface area contributed by atoms with Crippen LogP contribution in [0.3, 0.4) is 0 Å². The van der Waals surface area contributed by atoms with Gasteiger partial charge >= 0.3 is 5.97 Å². The molecule has 0 bridgehead atoms. The first kappa shape index (κ1) is 14.3. The van der Waals surface area contributed by atoms with E-state index in [1.54, 1.807) is 18.7 Å². The second kappa shape index (κ2) is 6.72. The van der Waals surface area contributed by atoms with E-state index in [9.17, 15) is 13.2 Å². The molecule has 0 aromatic carbocycles. The summed E-state index contributed by atoms with van der Waals surface area (Å²) in [7, 11) is -3.63. The summed E-state index contributed by atoms with van der Waals surface area (Å²) in [5.74, 6) is -1.53. The summed E-state index contributed by atoms with van der Waals surface area (Å²) in [6.45, 7) is 2.87. The van der Waals surface area contributed by atoms with Crippen LogP contribution in [0.5, 0.6) is 0 Å². The third kappa shape index (κ3) is 9.60. The zero-order chi connectivity index (χ0) is 11.9. The van der Waals surface area contributed by atoms with Gasteiger partial charge in [0.1, 0.15) is 0 Å². The molecule has 90 valence electrons. The average Bonchev–Trinajstić information content (AvgIpc) is 2.01. The van der Waals surface area contributed by atoms with Gasteiger partial charge in [0.25, 0.3) is 0 Å². The quantitative estimate of drug-likeness (QED) is 0.547. The van der Waals surface area contributed by atoms with Crippen molar-refractivity contribution >= 4 is 16.0 Å². The smallest absolute Gasteiger partial charge is 0.331 e. The number of hydrogen-bond acceptors (Lipinski definition) is 5. The molecule has 0 saturated heterocycles.